The number of hydrogen-bond donors (Lipinski definition) is 0. The minimum absolute atomic E-state index is 0.249. The number of aromatic nitrogens is 1. The van der Waals surface area contributed by atoms with Crippen LogP contribution < -0.4 is 4.74 Å². The van der Waals surface area contributed by atoms with Crippen molar-refractivity contribution in [3.05, 3.63) is 81.8 Å². The standard InChI is InChI=1S/C18H13NO3S/c1-12-6-4-8-14(22-18(21)15-9-5-11-23-15)16(12)17(20)13-7-2-3-10-19-13/h2-11H,1H3. The molecule has 0 N–H and O–H groups in total. The molecule has 0 aliphatic heterocycles. The highest BCUT2D eigenvalue weighted by Gasteiger charge is 2.20. The highest BCUT2D eigenvalue weighted by atomic mass is 32.1. The summed E-state index contributed by atoms with van der Waals surface area (Å²) in [6.07, 6.45) is 1.56. The van der Waals surface area contributed by atoms with Crippen LogP contribution in [0.1, 0.15) is 31.3 Å². The summed E-state index contributed by atoms with van der Waals surface area (Å²) in [7, 11) is 0. The van der Waals surface area contributed by atoms with Crippen LogP contribution in [0.3, 0.4) is 0 Å². The van der Waals surface area contributed by atoms with Gasteiger partial charge in [-0.2, -0.15) is 0 Å². The molecule has 23 heavy (non-hydrogen) atoms. The summed E-state index contributed by atoms with van der Waals surface area (Å²) in [6.45, 7) is 1.80. The Kier molecular flexibility index (Phi) is 4.30. The largest absolute Gasteiger partial charge is 0.422 e. The van der Waals surface area contributed by atoms with Gasteiger partial charge in [-0.1, -0.05) is 24.3 Å². The Balaban J connectivity index is 1.97. The molecule has 2 heterocycles. The first-order valence-electron chi connectivity index (χ1n) is 6.98. The van der Waals surface area contributed by atoms with Crippen LogP contribution >= 0.6 is 11.3 Å². The maximum Gasteiger partial charge on any atom is 0.353 e. The van der Waals surface area contributed by atoms with Gasteiger partial charge in [-0.25, -0.2) is 4.79 Å². The average molecular weight is 323 g/mol. The van der Waals surface area contributed by atoms with Gasteiger partial charge in [0.2, 0.25) is 5.78 Å². The minimum atomic E-state index is -0.472. The lowest BCUT2D eigenvalue weighted by molar-refractivity contribution is 0.0738. The molecular weight excluding hydrogens is 310 g/mol. The van der Waals surface area contributed by atoms with Crippen molar-refractivity contribution < 1.29 is 14.3 Å². The molecule has 0 fully saturated rings. The lowest BCUT2D eigenvalue weighted by Gasteiger charge is -2.11. The van der Waals surface area contributed by atoms with Crippen molar-refractivity contribution in [3.63, 3.8) is 0 Å². The van der Waals surface area contributed by atoms with Crippen LogP contribution in [0.4, 0.5) is 0 Å². The van der Waals surface area contributed by atoms with Crippen molar-refractivity contribution >= 4 is 23.1 Å². The van der Waals surface area contributed by atoms with E-state index >= 15 is 0 Å². The second kappa shape index (κ2) is 6.54. The van der Waals surface area contributed by atoms with Crippen LogP contribution in [-0.2, 0) is 0 Å². The molecule has 3 rings (SSSR count). The van der Waals surface area contributed by atoms with Gasteiger partial charge in [0.1, 0.15) is 16.3 Å². The number of pyridine rings is 1. The van der Waals surface area contributed by atoms with Gasteiger partial charge in [0.25, 0.3) is 0 Å². The van der Waals surface area contributed by atoms with Crippen molar-refractivity contribution in [2.24, 2.45) is 0 Å². The first-order valence-corrected chi connectivity index (χ1v) is 7.86. The predicted octanol–water partition coefficient (Wildman–Crippen LogP) is 3.90. The van der Waals surface area contributed by atoms with Gasteiger partial charge in [0.05, 0.1) is 5.56 Å². The normalized spacial score (nSPS) is 10.3. The van der Waals surface area contributed by atoms with E-state index in [0.717, 1.165) is 5.56 Å². The van der Waals surface area contributed by atoms with Gasteiger partial charge in [0, 0.05) is 6.20 Å². The zero-order valence-electron chi connectivity index (χ0n) is 12.4. The summed E-state index contributed by atoms with van der Waals surface area (Å²) in [5, 5.41) is 1.80. The quantitative estimate of drug-likeness (QED) is 0.415. The molecule has 1 aromatic carbocycles. The Labute approximate surface area is 137 Å². The van der Waals surface area contributed by atoms with Crippen LogP contribution in [0.25, 0.3) is 0 Å². The minimum Gasteiger partial charge on any atom is -0.422 e. The zero-order valence-corrected chi connectivity index (χ0v) is 13.2. The van der Waals surface area contributed by atoms with Gasteiger partial charge in [-0.3, -0.25) is 9.78 Å². The smallest absolute Gasteiger partial charge is 0.353 e. The molecule has 4 nitrogen and oxygen atoms in total. The van der Waals surface area contributed by atoms with Gasteiger partial charge in [0.15, 0.2) is 0 Å². The molecule has 0 saturated heterocycles. The maximum absolute atomic E-state index is 12.7. The van der Waals surface area contributed by atoms with E-state index in [1.54, 1.807) is 67.0 Å². The van der Waals surface area contributed by atoms with Crippen molar-refractivity contribution in [2.75, 3.05) is 0 Å². The van der Waals surface area contributed by atoms with Crippen LogP contribution in [0.15, 0.2) is 60.1 Å². The van der Waals surface area contributed by atoms with Crippen molar-refractivity contribution in [3.8, 4) is 5.75 Å². The molecule has 5 heteroatoms. The third-order valence-electron chi connectivity index (χ3n) is 3.28. The highest BCUT2D eigenvalue weighted by Crippen LogP contribution is 2.26. The molecule has 0 saturated carbocycles. The number of rotatable bonds is 4. The average Bonchev–Trinajstić information content (AvgIpc) is 3.10. The van der Waals surface area contributed by atoms with Gasteiger partial charge in [-0.05, 0) is 42.1 Å². The molecule has 0 aliphatic carbocycles. The van der Waals surface area contributed by atoms with Crippen molar-refractivity contribution in [1.82, 2.24) is 4.98 Å². The third-order valence-corrected chi connectivity index (χ3v) is 4.13. The third kappa shape index (κ3) is 3.19. The Morgan fingerprint density at radius 1 is 1.04 bits per heavy atom. The van der Waals surface area contributed by atoms with E-state index in [1.165, 1.54) is 11.3 Å². The van der Waals surface area contributed by atoms with Crippen LogP contribution in [0.5, 0.6) is 5.75 Å². The first-order chi connectivity index (χ1) is 11.2. The Bertz CT molecular complexity index is 842. The molecule has 0 atom stereocenters. The van der Waals surface area contributed by atoms with E-state index in [9.17, 15) is 9.59 Å². The Morgan fingerprint density at radius 2 is 1.91 bits per heavy atom. The number of carbonyl (C=O) groups is 2. The molecule has 114 valence electrons. The lowest BCUT2D eigenvalue weighted by atomic mass is 10.0. The van der Waals surface area contributed by atoms with Gasteiger partial charge >= 0.3 is 5.97 Å². The zero-order chi connectivity index (χ0) is 16.2. The number of hydrogen-bond acceptors (Lipinski definition) is 5. The Hall–Kier alpha value is -2.79. The predicted molar refractivity (Wildman–Crippen MR) is 88.1 cm³/mol. The number of carbonyl (C=O) groups excluding carboxylic acids is 2. The van der Waals surface area contributed by atoms with E-state index in [2.05, 4.69) is 4.98 Å². The second-order valence-corrected chi connectivity index (χ2v) is 5.81. The molecule has 3 aromatic rings. The fraction of sp³-hybridized carbons (Fsp3) is 0.0556. The fourth-order valence-corrected chi connectivity index (χ4v) is 2.79. The molecule has 0 unspecified atom stereocenters. The Morgan fingerprint density at radius 3 is 2.61 bits per heavy atom. The molecule has 0 aliphatic rings. The number of esters is 1. The number of nitrogens with zero attached hydrogens (tertiary/aromatic N) is 1. The fourth-order valence-electron chi connectivity index (χ4n) is 2.19. The summed E-state index contributed by atoms with van der Waals surface area (Å²) in [5.41, 5.74) is 1.41. The summed E-state index contributed by atoms with van der Waals surface area (Å²) in [5.74, 6) is -0.489. The van der Waals surface area contributed by atoms with E-state index in [4.69, 9.17) is 4.74 Å². The van der Waals surface area contributed by atoms with Crippen LogP contribution in [0, 0.1) is 6.92 Å². The number of benzene rings is 1. The summed E-state index contributed by atoms with van der Waals surface area (Å²) in [4.78, 5) is 29.4. The monoisotopic (exact) mass is 323 g/mol. The van der Waals surface area contributed by atoms with E-state index < -0.39 is 5.97 Å². The maximum atomic E-state index is 12.7. The van der Waals surface area contributed by atoms with E-state index in [1.807, 2.05) is 0 Å². The molecule has 0 radical (unpaired) electrons. The molecule has 0 spiro atoms. The molecule has 0 amide bonds. The number of ketones is 1. The highest BCUT2D eigenvalue weighted by molar-refractivity contribution is 7.12. The molecular formula is C18H13NO3S. The lowest BCUT2D eigenvalue weighted by Crippen LogP contribution is -2.13. The van der Waals surface area contributed by atoms with Crippen LogP contribution in [-0.4, -0.2) is 16.7 Å². The summed E-state index contributed by atoms with van der Waals surface area (Å²) < 4.78 is 5.44. The summed E-state index contributed by atoms with van der Waals surface area (Å²) in [6, 6.07) is 13.8. The SMILES string of the molecule is Cc1cccc(OC(=O)c2cccs2)c1C(=O)c1ccccn1. The second-order valence-electron chi connectivity index (χ2n) is 4.86. The van der Waals surface area contributed by atoms with Crippen molar-refractivity contribution in [2.45, 2.75) is 6.92 Å². The number of thiophene rings is 1. The van der Waals surface area contributed by atoms with Crippen LogP contribution in [0.2, 0.25) is 0 Å². The number of ether oxygens (including phenoxy) is 1. The number of aryl methyl sites for hydroxylation is 1. The first kappa shape index (κ1) is 15.1. The summed E-state index contributed by atoms with van der Waals surface area (Å²) >= 11 is 1.29. The van der Waals surface area contributed by atoms with Gasteiger partial charge in [-0.15, -0.1) is 11.3 Å². The molecule has 0 bridgehead atoms. The van der Waals surface area contributed by atoms with Crippen molar-refractivity contribution in [1.29, 1.82) is 0 Å². The molecule has 2 aromatic heterocycles. The topological polar surface area (TPSA) is 56.3 Å². The van der Waals surface area contributed by atoms with E-state index in [-0.39, 0.29) is 11.5 Å². The van der Waals surface area contributed by atoms with Gasteiger partial charge < -0.3 is 4.74 Å². The van der Waals surface area contributed by atoms with E-state index in [0.29, 0.717) is 16.1 Å².